The first kappa shape index (κ1) is 16.4. The molecule has 0 radical (unpaired) electrons. The van der Waals surface area contributed by atoms with Gasteiger partial charge >= 0.3 is 6.18 Å². The van der Waals surface area contributed by atoms with Crippen molar-refractivity contribution in [1.29, 1.82) is 0 Å². The standard InChI is InChI=1S/C16H18F3NO2/c1-15(2,3)20-9-12(22-4)13(14(20)21)10-6-5-7-11(8-10)16(17,18)19/h5-8H,9H2,1-4H3. The summed E-state index contributed by atoms with van der Waals surface area (Å²) in [6.07, 6.45) is -4.45. The number of benzene rings is 1. The molecule has 2 rings (SSSR count). The van der Waals surface area contributed by atoms with Gasteiger partial charge in [0.15, 0.2) is 0 Å². The summed E-state index contributed by atoms with van der Waals surface area (Å²) in [5, 5.41) is 0. The van der Waals surface area contributed by atoms with E-state index < -0.39 is 17.3 Å². The third kappa shape index (κ3) is 2.96. The topological polar surface area (TPSA) is 29.5 Å². The zero-order valence-corrected chi connectivity index (χ0v) is 12.9. The van der Waals surface area contributed by atoms with Crippen molar-refractivity contribution in [2.45, 2.75) is 32.5 Å². The van der Waals surface area contributed by atoms with Gasteiger partial charge in [0, 0.05) is 5.54 Å². The Morgan fingerprint density at radius 3 is 2.32 bits per heavy atom. The number of ether oxygens (including phenoxy) is 1. The van der Waals surface area contributed by atoms with Crippen LogP contribution in [0.15, 0.2) is 30.0 Å². The van der Waals surface area contributed by atoms with Gasteiger partial charge in [0.05, 0.1) is 24.8 Å². The Labute approximate surface area is 127 Å². The van der Waals surface area contributed by atoms with E-state index in [0.717, 1.165) is 12.1 Å². The fourth-order valence-corrected chi connectivity index (χ4v) is 2.39. The van der Waals surface area contributed by atoms with Crippen molar-refractivity contribution >= 4 is 11.5 Å². The average molecular weight is 313 g/mol. The fraction of sp³-hybridized carbons (Fsp3) is 0.438. The van der Waals surface area contributed by atoms with Gasteiger partial charge in [-0.05, 0) is 38.5 Å². The van der Waals surface area contributed by atoms with Gasteiger partial charge in [-0.1, -0.05) is 12.1 Å². The van der Waals surface area contributed by atoms with Gasteiger partial charge in [-0.2, -0.15) is 13.2 Å². The lowest BCUT2D eigenvalue weighted by Gasteiger charge is -2.32. The molecular weight excluding hydrogens is 295 g/mol. The number of nitrogens with zero attached hydrogens (tertiary/aromatic N) is 1. The average Bonchev–Trinajstić information content (AvgIpc) is 2.74. The first-order chi connectivity index (χ1) is 10.1. The van der Waals surface area contributed by atoms with Crippen LogP contribution in [0.5, 0.6) is 0 Å². The van der Waals surface area contributed by atoms with E-state index in [-0.39, 0.29) is 23.6 Å². The first-order valence-corrected chi connectivity index (χ1v) is 6.82. The molecular formula is C16H18F3NO2. The Bertz CT molecular complexity index is 627. The van der Waals surface area contributed by atoms with Crippen LogP contribution in [0, 0.1) is 0 Å². The number of methoxy groups -OCH3 is 1. The van der Waals surface area contributed by atoms with E-state index in [1.54, 1.807) is 4.90 Å². The van der Waals surface area contributed by atoms with Crippen molar-refractivity contribution in [3.8, 4) is 0 Å². The van der Waals surface area contributed by atoms with Gasteiger partial charge in [0.1, 0.15) is 5.76 Å². The Balaban J connectivity index is 2.49. The predicted octanol–water partition coefficient (Wildman–Crippen LogP) is 3.70. The molecule has 0 unspecified atom stereocenters. The molecule has 0 bridgehead atoms. The predicted molar refractivity (Wildman–Crippen MR) is 76.8 cm³/mol. The van der Waals surface area contributed by atoms with Crippen molar-refractivity contribution in [3.63, 3.8) is 0 Å². The molecule has 1 aromatic rings. The summed E-state index contributed by atoms with van der Waals surface area (Å²) in [5.41, 5.74) is -0.800. The second-order valence-electron chi connectivity index (χ2n) is 6.14. The van der Waals surface area contributed by atoms with Crippen LogP contribution in [0.3, 0.4) is 0 Å². The van der Waals surface area contributed by atoms with Gasteiger partial charge < -0.3 is 9.64 Å². The summed E-state index contributed by atoms with van der Waals surface area (Å²) < 4.78 is 43.8. The molecule has 1 aliphatic heterocycles. The number of rotatable bonds is 2. The van der Waals surface area contributed by atoms with Crippen molar-refractivity contribution in [2.75, 3.05) is 13.7 Å². The van der Waals surface area contributed by atoms with Crippen LogP contribution < -0.4 is 0 Å². The lowest BCUT2D eigenvalue weighted by Crippen LogP contribution is -2.43. The highest BCUT2D eigenvalue weighted by Gasteiger charge is 2.39. The molecule has 0 saturated carbocycles. The maximum absolute atomic E-state index is 12.9. The molecule has 3 nitrogen and oxygen atoms in total. The summed E-state index contributed by atoms with van der Waals surface area (Å²) in [5.74, 6) is 0.0722. The van der Waals surface area contributed by atoms with E-state index in [0.29, 0.717) is 5.76 Å². The zero-order valence-electron chi connectivity index (χ0n) is 12.9. The highest BCUT2D eigenvalue weighted by molar-refractivity contribution is 6.22. The Morgan fingerprint density at radius 2 is 1.82 bits per heavy atom. The second kappa shape index (κ2) is 5.34. The lowest BCUT2D eigenvalue weighted by atomic mass is 10.0. The number of carbonyl (C=O) groups excluding carboxylic acids is 1. The van der Waals surface area contributed by atoms with Crippen LogP contribution in [0.1, 0.15) is 31.9 Å². The molecule has 0 atom stereocenters. The molecule has 0 fully saturated rings. The molecule has 1 heterocycles. The highest BCUT2D eigenvalue weighted by atomic mass is 19.4. The van der Waals surface area contributed by atoms with Crippen LogP contribution in [0.2, 0.25) is 0 Å². The summed E-state index contributed by atoms with van der Waals surface area (Å²) >= 11 is 0. The monoisotopic (exact) mass is 313 g/mol. The van der Waals surface area contributed by atoms with E-state index in [1.807, 2.05) is 20.8 Å². The van der Waals surface area contributed by atoms with Crippen LogP contribution >= 0.6 is 0 Å². The third-order valence-corrected chi connectivity index (χ3v) is 3.57. The normalized spacial score (nSPS) is 16.5. The van der Waals surface area contributed by atoms with E-state index in [9.17, 15) is 18.0 Å². The first-order valence-electron chi connectivity index (χ1n) is 6.82. The minimum Gasteiger partial charge on any atom is -0.498 e. The molecule has 1 amide bonds. The summed E-state index contributed by atoms with van der Waals surface area (Å²) in [7, 11) is 1.42. The number of alkyl halides is 3. The number of amides is 1. The van der Waals surface area contributed by atoms with Gasteiger partial charge in [-0.25, -0.2) is 0 Å². The maximum atomic E-state index is 12.9. The SMILES string of the molecule is COC1=C(c2cccc(C(F)(F)F)c2)C(=O)N(C(C)(C)C)C1. The van der Waals surface area contributed by atoms with Crippen molar-refractivity contribution in [2.24, 2.45) is 0 Å². The molecule has 22 heavy (non-hydrogen) atoms. The second-order valence-corrected chi connectivity index (χ2v) is 6.14. The van der Waals surface area contributed by atoms with Crippen molar-refractivity contribution in [3.05, 3.63) is 41.2 Å². The Morgan fingerprint density at radius 1 is 1.18 bits per heavy atom. The number of halogens is 3. The van der Waals surface area contributed by atoms with Gasteiger partial charge in [0.25, 0.3) is 5.91 Å². The highest BCUT2D eigenvalue weighted by Crippen LogP contribution is 2.36. The molecule has 0 N–H and O–H groups in total. The van der Waals surface area contributed by atoms with Gasteiger partial charge in [-0.3, -0.25) is 4.79 Å². The lowest BCUT2D eigenvalue weighted by molar-refractivity contribution is -0.137. The molecule has 0 aromatic heterocycles. The molecule has 6 heteroatoms. The van der Waals surface area contributed by atoms with Crippen LogP contribution in [-0.4, -0.2) is 30.0 Å². The Hall–Kier alpha value is -1.98. The quantitative estimate of drug-likeness (QED) is 0.833. The Kier molecular flexibility index (Phi) is 3.98. The van der Waals surface area contributed by atoms with E-state index >= 15 is 0 Å². The largest absolute Gasteiger partial charge is 0.498 e. The van der Waals surface area contributed by atoms with Gasteiger partial charge in [-0.15, -0.1) is 0 Å². The van der Waals surface area contributed by atoms with Gasteiger partial charge in [0.2, 0.25) is 0 Å². The summed E-state index contributed by atoms with van der Waals surface area (Å²) in [6, 6.07) is 4.76. The van der Waals surface area contributed by atoms with Crippen LogP contribution in [-0.2, 0) is 15.7 Å². The summed E-state index contributed by atoms with van der Waals surface area (Å²) in [6.45, 7) is 5.86. The van der Waals surface area contributed by atoms with Crippen molar-refractivity contribution < 1.29 is 22.7 Å². The number of hydrogen-bond acceptors (Lipinski definition) is 2. The molecule has 1 aromatic carbocycles. The molecule has 1 aliphatic rings. The fourth-order valence-electron chi connectivity index (χ4n) is 2.39. The molecule has 0 saturated heterocycles. The van der Waals surface area contributed by atoms with Crippen LogP contribution in [0.4, 0.5) is 13.2 Å². The molecule has 0 aliphatic carbocycles. The van der Waals surface area contributed by atoms with E-state index in [1.165, 1.54) is 19.2 Å². The number of hydrogen-bond donors (Lipinski definition) is 0. The number of carbonyl (C=O) groups is 1. The van der Waals surface area contributed by atoms with Crippen molar-refractivity contribution in [1.82, 2.24) is 4.90 Å². The third-order valence-electron chi connectivity index (χ3n) is 3.57. The maximum Gasteiger partial charge on any atom is 0.416 e. The minimum atomic E-state index is -4.45. The molecule has 120 valence electrons. The van der Waals surface area contributed by atoms with E-state index in [4.69, 9.17) is 4.74 Å². The van der Waals surface area contributed by atoms with Crippen LogP contribution in [0.25, 0.3) is 5.57 Å². The minimum absolute atomic E-state index is 0.198. The zero-order chi connectivity index (χ0) is 16.7. The summed E-state index contributed by atoms with van der Waals surface area (Å²) in [4.78, 5) is 14.2. The molecule has 0 spiro atoms. The smallest absolute Gasteiger partial charge is 0.416 e. The van der Waals surface area contributed by atoms with E-state index in [2.05, 4.69) is 0 Å².